The third-order valence-corrected chi connectivity index (χ3v) is 3.12. The lowest BCUT2D eigenvalue weighted by molar-refractivity contribution is 0.536. The van der Waals surface area contributed by atoms with Crippen molar-refractivity contribution in [1.29, 1.82) is 0 Å². The lowest BCUT2D eigenvalue weighted by atomic mass is 10.2. The second-order valence-electron chi connectivity index (χ2n) is 4.22. The quantitative estimate of drug-likeness (QED) is 0.873. The van der Waals surface area contributed by atoms with Gasteiger partial charge in [0.25, 0.3) is 10.2 Å². The highest BCUT2D eigenvalue weighted by molar-refractivity contribution is 7.90. The minimum absolute atomic E-state index is 0.438. The molecule has 0 atom stereocenters. The monoisotopic (exact) mass is 268 g/mol. The lowest BCUT2D eigenvalue weighted by Gasteiger charge is -2.02. The van der Waals surface area contributed by atoms with Crippen LogP contribution in [0, 0.1) is 0 Å². The Balaban J connectivity index is 2.28. The Labute approximate surface area is 106 Å². The second kappa shape index (κ2) is 4.99. The van der Waals surface area contributed by atoms with Crippen LogP contribution in [-0.2, 0) is 16.6 Å². The SMILES string of the molecule is CCCCc1cc2cc(NS(N)(=O)=O)ccc2o1. The van der Waals surface area contributed by atoms with Gasteiger partial charge in [-0.2, -0.15) is 8.42 Å². The van der Waals surface area contributed by atoms with Gasteiger partial charge >= 0.3 is 0 Å². The van der Waals surface area contributed by atoms with Crippen molar-refractivity contribution in [3.8, 4) is 0 Å². The Bertz CT molecular complexity index is 646. The summed E-state index contributed by atoms with van der Waals surface area (Å²) in [7, 11) is -3.73. The van der Waals surface area contributed by atoms with Crippen LogP contribution in [0.15, 0.2) is 28.7 Å². The predicted molar refractivity (Wildman–Crippen MR) is 71.6 cm³/mol. The molecule has 0 fully saturated rings. The average Bonchev–Trinajstić information content (AvgIpc) is 2.66. The van der Waals surface area contributed by atoms with Gasteiger partial charge in [0, 0.05) is 11.8 Å². The molecule has 0 aliphatic carbocycles. The molecule has 2 aromatic rings. The van der Waals surface area contributed by atoms with E-state index in [9.17, 15) is 8.42 Å². The van der Waals surface area contributed by atoms with Gasteiger partial charge in [-0.3, -0.25) is 4.72 Å². The van der Waals surface area contributed by atoms with Crippen LogP contribution in [0.3, 0.4) is 0 Å². The minimum atomic E-state index is -3.73. The molecule has 0 aliphatic rings. The van der Waals surface area contributed by atoms with Crippen LogP contribution in [0.4, 0.5) is 5.69 Å². The first-order valence-corrected chi connectivity index (χ1v) is 7.35. The number of nitrogens with two attached hydrogens (primary N) is 1. The molecule has 0 saturated carbocycles. The first kappa shape index (κ1) is 12.9. The van der Waals surface area contributed by atoms with Crippen LogP contribution >= 0.6 is 0 Å². The van der Waals surface area contributed by atoms with E-state index in [0.717, 1.165) is 36.0 Å². The third-order valence-electron chi connectivity index (χ3n) is 2.60. The van der Waals surface area contributed by atoms with Gasteiger partial charge in [-0.15, -0.1) is 0 Å². The zero-order valence-electron chi connectivity index (χ0n) is 10.1. The van der Waals surface area contributed by atoms with Gasteiger partial charge in [-0.1, -0.05) is 13.3 Å². The molecule has 1 aromatic heterocycles. The summed E-state index contributed by atoms with van der Waals surface area (Å²) in [4.78, 5) is 0. The molecule has 0 spiro atoms. The third kappa shape index (κ3) is 3.24. The Morgan fingerprint density at radius 1 is 1.33 bits per heavy atom. The van der Waals surface area contributed by atoms with Crippen molar-refractivity contribution in [2.24, 2.45) is 5.14 Å². The number of rotatable bonds is 5. The Morgan fingerprint density at radius 2 is 2.11 bits per heavy atom. The largest absolute Gasteiger partial charge is 0.461 e. The molecule has 0 bridgehead atoms. The molecule has 0 saturated heterocycles. The molecule has 6 heteroatoms. The normalized spacial score (nSPS) is 11.9. The van der Waals surface area contributed by atoms with Gasteiger partial charge in [-0.25, -0.2) is 5.14 Å². The number of hydrogen-bond donors (Lipinski definition) is 2. The molecule has 18 heavy (non-hydrogen) atoms. The van der Waals surface area contributed by atoms with Crippen LogP contribution < -0.4 is 9.86 Å². The molecule has 98 valence electrons. The van der Waals surface area contributed by atoms with Crippen LogP contribution in [0.2, 0.25) is 0 Å². The number of unbranched alkanes of at least 4 members (excludes halogenated alkanes) is 1. The predicted octanol–water partition coefficient (Wildman–Crippen LogP) is 2.39. The van der Waals surface area contributed by atoms with E-state index >= 15 is 0 Å². The van der Waals surface area contributed by atoms with Gasteiger partial charge < -0.3 is 4.42 Å². The summed E-state index contributed by atoms with van der Waals surface area (Å²) in [5.41, 5.74) is 1.19. The number of nitrogens with one attached hydrogen (secondary N) is 1. The van der Waals surface area contributed by atoms with Gasteiger partial charge in [0.15, 0.2) is 0 Å². The molecule has 3 N–H and O–H groups in total. The summed E-state index contributed by atoms with van der Waals surface area (Å²) in [5.74, 6) is 0.916. The van der Waals surface area contributed by atoms with E-state index in [1.54, 1.807) is 18.2 Å². The van der Waals surface area contributed by atoms with E-state index in [1.807, 2.05) is 6.07 Å². The highest BCUT2D eigenvalue weighted by atomic mass is 32.2. The molecule has 5 nitrogen and oxygen atoms in total. The van der Waals surface area contributed by atoms with Crippen LogP contribution in [0.25, 0.3) is 11.0 Å². The highest BCUT2D eigenvalue weighted by Crippen LogP contribution is 2.24. The maximum atomic E-state index is 10.9. The molecular weight excluding hydrogens is 252 g/mol. The smallest absolute Gasteiger partial charge is 0.296 e. The van der Waals surface area contributed by atoms with Crippen LogP contribution in [0.5, 0.6) is 0 Å². The van der Waals surface area contributed by atoms with E-state index in [2.05, 4.69) is 11.6 Å². The summed E-state index contributed by atoms with van der Waals surface area (Å²) in [6, 6.07) is 7.00. The van der Waals surface area contributed by atoms with E-state index in [0.29, 0.717) is 5.69 Å². The van der Waals surface area contributed by atoms with Gasteiger partial charge in [-0.05, 0) is 30.7 Å². The number of fused-ring (bicyclic) bond motifs is 1. The Kier molecular flexibility index (Phi) is 3.58. The summed E-state index contributed by atoms with van der Waals surface area (Å²) < 4.78 is 29.7. The molecule has 0 amide bonds. The first-order valence-electron chi connectivity index (χ1n) is 5.81. The number of aryl methyl sites for hydroxylation is 1. The zero-order valence-corrected chi connectivity index (χ0v) is 11.0. The molecule has 0 aliphatic heterocycles. The van der Waals surface area contributed by atoms with Gasteiger partial charge in [0.2, 0.25) is 0 Å². The molecule has 1 heterocycles. The Hall–Kier alpha value is -1.53. The molecule has 0 radical (unpaired) electrons. The van der Waals surface area contributed by atoms with Crippen molar-refractivity contribution in [2.75, 3.05) is 4.72 Å². The summed E-state index contributed by atoms with van der Waals surface area (Å²) in [6.07, 6.45) is 3.07. The topological polar surface area (TPSA) is 85.3 Å². The van der Waals surface area contributed by atoms with Crippen molar-refractivity contribution >= 4 is 26.9 Å². The maximum Gasteiger partial charge on any atom is 0.296 e. The van der Waals surface area contributed by atoms with E-state index in [-0.39, 0.29) is 0 Å². The molecule has 1 aromatic carbocycles. The van der Waals surface area contributed by atoms with Crippen molar-refractivity contribution in [1.82, 2.24) is 0 Å². The number of benzene rings is 1. The van der Waals surface area contributed by atoms with Crippen LogP contribution in [-0.4, -0.2) is 8.42 Å². The highest BCUT2D eigenvalue weighted by Gasteiger charge is 2.07. The Morgan fingerprint density at radius 3 is 2.78 bits per heavy atom. The van der Waals surface area contributed by atoms with Crippen molar-refractivity contribution in [3.63, 3.8) is 0 Å². The zero-order chi connectivity index (χ0) is 13.2. The second-order valence-corrected chi connectivity index (χ2v) is 5.51. The maximum absolute atomic E-state index is 10.9. The minimum Gasteiger partial charge on any atom is -0.461 e. The van der Waals surface area contributed by atoms with E-state index < -0.39 is 10.2 Å². The molecular formula is C12H16N2O3S. The average molecular weight is 268 g/mol. The van der Waals surface area contributed by atoms with Gasteiger partial charge in [0.1, 0.15) is 11.3 Å². The number of anilines is 1. The van der Waals surface area contributed by atoms with Crippen molar-refractivity contribution < 1.29 is 12.8 Å². The number of hydrogen-bond acceptors (Lipinski definition) is 3. The van der Waals surface area contributed by atoms with Crippen LogP contribution in [0.1, 0.15) is 25.5 Å². The lowest BCUT2D eigenvalue weighted by Crippen LogP contribution is -2.21. The fourth-order valence-electron chi connectivity index (χ4n) is 1.80. The van der Waals surface area contributed by atoms with E-state index in [1.165, 1.54) is 0 Å². The van der Waals surface area contributed by atoms with Crippen molar-refractivity contribution in [2.45, 2.75) is 26.2 Å². The fourth-order valence-corrected chi connectivity index (χ4v) is 2.26. The standard InChI is InChI=1S/C12H16N2O3S/c1-2-3-4-11-8-9-7-10(14-18(13,15)16)5-6-12(9)17-11/h5-8,14H,2-4H2,1H3,(H2,13,15,16). The van der Waals surface area contributed by atoms with Gasteiger partial charge in [0.05, 0.1) is 5.69 Å². The molecule has 2 rings (SSSR count). The van der Waals surface area contributed by atoms with Crippen molar-refractivity contribution in [3.05, 3.63) is 30.0 Å². The summed E-state index contributed by atoms with van der Waals surface area (Å²) in [6.45, 7) is 2.12. The summed E-state index contributed by atoms with van der Waals surface area (Å²) in [5, 5.41) is 5.79. The fraction of sp³-hybridized carbons (Fsp3) is 0.333. The molecule has 0 unspecified atom stereocenters. The van der Waals surface area contributed by atoms with E-state index in [4.69, 9.17) is 9.56 Å². The first-order chi connectivity index (χ1) is 8.48. The number of furan rings is 1. The summed E-state index contributed by atoms with van der Waals surface area (Å²) >= 11 is 0.